The number of benzene rings is 2. The van der Waals surface area contributed by atoms with Gasteiger partial charge in [0, 0.05) is 24.1 Å². The Hall–Kier alpha value is -3.21. The molecule has 26 heavy (non-hydrogen) atoms. The van der Waals surface area contributed by atoms with Gasteiger partial charge in [-0.2, -0.15) is 0 Å². The van der Waals surface area contributed by atoms with Gasteiger partial charge in [0.1, 0.15) is 5.69 Å². The zero-order valence-corrected chi connectivity index (χ0v) is 15.2. The first kappa shape index (κ1) is 17.6. The van der Waals surface area contributed by atoms with Gasteiger partial charge in [-0.05, 0) is 49.2 Å². The Morgan fingerprint density at radius 3 is 2.38 bits per heavy atom. The van der Waals surface area contributed by atoms with Crippen molar-refractivity contribution in [2.45, 2.75) is 20.3 Å². The van der Waals surface area contributed by atoms with Gasteiger partial charge in [0.05, 0.1) is 0 Å². The van der Waals surface area contributed by atoms with Gasteiger partial charge < -0.3 is 10.2 Å². The molecule has 132 valence electrons. The number of amides is 1. The molecule has 1 amide bonds. The highest BCUT2D eigenvalue weighted by molar-refractivity contribution is 6.04. The Kier molecular flexibility index (Phi) is 5.27. The maximum absolute atomic E-state index is 12.8. The van der Waals surface area contributed by atoms with E-state index in [2.05, 4.69) is 34.3 Å². The van der Waals surface area contributed by atoms with Crippen molar-refractivity contribution in [1.82, 2.24) is 9.97 Å². The minimum atomic E-state index is -0.175. The van der Waals surface area contributed by atoms with E-state index in [0.717, 1.165) is 23.5 Å². The Bertz CT molecular complexity index is 892. The highest BCUT2D eigenvalue weighted by Gasteiger charge is 2.16. The summed E-state index contributed by atoms with van der Waals surface area (Å²) in [5, 5.41) is 3.18. The Labute approximate surface area is 153 Å². The number of aromatic nitrogens is 2. The summed E-state index contributed by atoms with van der Waals surface area (Å²) in [6.07, 6.45) is 0.992. The summed E-state index contributed by atoms with van der Waals surface area (Å²) in [5.41, 5.74) is 4.07. The molecule has 0 bridgehead atoms. The van der Waals surface area contributed by atoms with Crippen LogP contribution < -0.4 is 10.2 Å². The van der Waals surface area contributed by atoms with Crippen LogP contribution in [0.4, 0.5) is 17.3 Å². The number of para-hydroxylation sites is 1. The molecule has 1 N–H and O–H groups in total. The first-order valence-electron chi connectivity index (χ1n) is 8.61. The molecule has 0 spiro atoms. The monoisotopic (exact) mass is 346 g/mol. The normalized spacial score (nSPS) is 10.4. The highest BCUT2D eigenvalue weighted by atomic mass is 16.2. The summed E-state index contributed by atoms with van der Waals surface area (Å²) in [6.45, 7) is 3.97. The van der Waals surface area contributed by atoms with E-state index in [0.29, 0.717) is 11.6 Å². The van der Waals surface area contributed by atoms with Crippen LogP contribution in [-0.4, -0.2) is 22.9 Å². The maximum atomic E-state index is 12.8. The highest BCUT2D eigenvalue weighted by Crippen LogP contribution is 2.18. The second-order valence-corrected chi connectivity index (χ2v) is 6.09. The first-order chi connectivity index (χ1) is 12.6. The number of hydrogen-bond acceptors (Lipinski definition) is 4. The summed E-state index contributed by atoms with van der Waals surface area (Å²) in [5.74, 6) is 0.241. The Morgan fingerprint density at radius 1 is 1.04 bits per heavy atom. The van der Waals surface area contributed by atoms with Gasteiger partial charge >= 0.3 is 0 Å². The van der Waals surface area contributed by atoms with Gasteiger partial charge in [0.25, 0.3) is 5.91 Å². The topological polar surface area (TPSA) is 58.1 Å². The van der Waals surface area contributed by atoms with E-state index in [1.165, 1.54) is 5.56 Å². The number of carbonyl (C=O) groups is 1. The number of nitrogens with zero attached hydrogens (tertiary/aromatic N) is 3. The minimum absolute atomic E-state index is 0.175. The lowest BCUT2D eigenvalue weighted by Crippen LogP contribution is -2.27. The van der Waals surface area contributed by atoms with Crippen molar-refractivity contribution in [1.29, 1.82) is 0 Å². The molecule has 0 saturated carbocycles. The lowest BCUT2D eigenvalue weighted by molar-refractivity contribution is 0.0988. The molecule has 0 saturated heterocycles. The van der Waals surface area contributed by atoms with Crippen LogP contribution in [0.3, 0.4) is 0 Å². The van der Waals surface area contributed by atoms with E-state index in [-0.39, 0.29) is 5.91 Å². The third-order valence-electron chi connectivity index (χ3n) is 4.14. The van der Waals surface area contributed by atoms with Crippen molar-refractivity contribution in [3.8, 4) is 0 Å². The second-order valence-electron chi connectivity index (χ2n) is 6.09. The van der Waals surface area contributed by atoms with Crippen molar-refractivity contribution in [3.05, 3.63) is 77.6 Å². The van der Waals surface area contributed by atoms with Gasteiger partial charge in [-0.3, -0.25) is 4.79 Å². The maximum Gasteiger partial charge on any atom is 0.276 e. The van der Waals surface area contributed by atoms with E-state index in [1.807, 2.05) is 49.4 Å². The van der Waals surface area contributed by atoms with Crippen molar-refractivity contribution in [3.63, 3.8) is 0 Å². The van der Waals surface area contributed by atoms with Gasteiger partial charge in [-0.1, -0.05) is 37.3 Å². The number of rotatable bonds is 5. The van der Waals surface area contributed by atoms with Crippen molar-refractivity contribution >= 4 is 23.2 Å². The number of carbonyl (C=O) groups excluding carboxylic acids is 1. The third kappa shape index (κ3) is 4.06. The molecule has 5 heteroatoms. The second kappa shape index (κ2) is 7.78. The predicted octanol–water partition coefficient (Wildman–Crippen LogP) is 4.37. The van der Waals surface area contributed by atoms with Crippen LogP contribution in [-0.2, 0) is 6.42 Å². The van der Waals surface area contributed by atoms with E-state index < -0.39 is 0 Å². The van der Waals surface area contributed by atoms with Crippen LogP contribution in [0.25, 0.3) is 0 Å². The first-order valence-corrected chi connectivity index (χ1v) is 8.61. The number of nitrogens with one attached hydrogen (secondary N) is 1. The van der Waals surface area contributed by atoms with E-state index >= 15 is 0 Å². The summed E-state index contributed by atoms with van der Waals surface area (Å²) >= 11 is 0. The van der Waals surface area contributed by atoms with Gasteiger partial charge in [0.15, 0.2) is 0 Å². The molecule has 1 heterocycles. The molecule has 3 aromatic rings. The van der Waals surface area contributed by atoms with Crippen molar-refractivity contribution in [2.75, 3.05) is 17.3 Å². The molecule has 0 aliphatic carbocycles. The molecule has 0 aliphatic heterocycles. The van der Waals surface area contributed by atoms with Crippen LogP contribution in [0.2, 0.25) is 0 Å². The molecule has 0 atom stereocenters. The zero-order valence-electron chi connectivity index (χ0n) is 15.2. The van der Waals surface area contributed by atoms with Crippen LogP contribution in [0, 0.1) is 6.92 Å². The SMILES string of the molecule is CCc1ccc(Nc2nc(C)cc(C(=O)N(C)c3ccccc3)n2)cc1. The molecular weight excluding hydrogens is 324 g/mol. The number of anilines is 3. The average Bonchev–Trinajstić information content (AvgIpc) is 2.67. The molecule has 0 aliphatic rings. The fourth-order valence-electron chi connectivity index (χ4n) is 2.63. The van der Waals surface area contributed by atoms with Crippen LogP contribution in [0.1, 0.15) is 28.7 Å². The quantitative estimate of drug-likeness (QED) is 0.745. The third-order valence-corrected chi connectivity index (χ3v) is 4.14. The molecule has 2 aromatic carbocycles. The summed E-state index contributed by atoms with van der Waals surface area (Å²) in [4.78, 5) is 23.2. The standard InChI is InChI=1S/C21H22N4O/c1-4-16-10-12-17(13-11-16)23-21-22-15(2)14-19(24-21)20(26)25(3)18-8-6-5-7-9-18/h5-14H,4H2,1-3H3,(H,22,23,24). The molecule has 0 radical (unpaired) electrons. The van der Waals surface area contributed by atoms with Crippen LogP contribution in [0.15, 0.2) is 60.7 Å². The predicted molar refractivity (Wildman–Crippen MR) is 105 cm³/mol. The van der Waals surface area contributed by atoms with E-state index in [4.69, 9.17) is 0 Å². The largest absolute Gasteiger partial charge is 0.324 e. The summed E-state index contributed by atoms with van der Waals surface area (Å²) in [6, 6.07) is 19.3. The molecule has 3 rings (SSSR count). The molecule has 0 unspecified atom stereocenters. The Balaban J connectivity index is 1.83. The lowest BCUT2D eigenvalue weighted by Gasteiger charge is -2.17. The summed E-state index contributed by atoms with van der Waals surface area (Å²) < 4.78 is 0. The average molecular weight is 346 g/mol. The van der Waals surface area contributed by atoms with Gasteiger partial charge in [-0.15, -0.1) is 0 Å². The smallest absolute Gasteiger partial charge is 0.276 e. The van der Waals surface area contributed by atoms with Gasteiger partial charge in [-0.25, -0.2) is 9.97 Å². The summed E-state index contributed by atoms with van der Waals surface area (Å²) in [7, 11) is 1.74. The minimum Gasteiger partial charge on any atom is -0.324 e. The fourth-order valence-corrected chi connectivity index (χ4v) is 2.63. The zero-order chi connectivity index (χ0) is 18.5. The number of aryl methyl sites for hydroxylation is 2. The van der Waals surface area contributed by atoms with Crippen LogP contribution >= 0.6 is 0 Å². The Morgan fingerprint density at radius 2 is 1.73 bits per heavy atom. The molecule has 5 nitrogen and oxygen atoms in total. The lowest BCUT2D eigenvalue weighted by atomic mass is 10.1. The van der Waals surface area contributed by atoms with E-state index in [1.54, 1.807) is 18.0 Å². The number of hydrogen-bond donors (Lipinski definition) is 1. The van der Waals surface area contributed by atoms with E-state index in [9.17, 15) is 4.79 Å². The van der Waals surface area contributed by atoms with Crippen molar-refractivity contribution in [2.24, 2.45) is 0 Å². The van der Waals surface area contributed by atoms with Crippen molar-refractivity contribution < 1.29 is 4.79 Å². The molecule has 0 fully saturated rings. The van der Waals surface area contributed by atoms with Crippen LogP contribution in [0.5, 0.6) is 0 Å². The fraction of sp³-hybridized carbons (Fsp3) is 0.190. The molecular formula is C21H22N4O. The molecule has 1 aromatic heterocycles. The van der Waals surface area contributed by atoms with Gasteiger partial charge in [0.2, 0.25) is 5.95 Å².